The van der Waals surface area contributed by atoms with Crippen LogP contribution in [-0.2, 0) is 0 Å². The highest BCUT2D eigenvalue weighted by molar-refractivity contribution is 8.00. The molecular formula is C49H36N4S. The van der Waals surface area contributed by atoms with Gasteiger partial charge in [0.1, 0.15) is 0 Å². The van der Waals surface area contributed by atoms with E-state index in [0.717, 1.165) is 44.6 Å². The number of allylic oxidation sites excluding steroid dienone is 5. The van der Waals surface area contributed by atoms with E-state index >= 15 is 0 Å². The summed E-state index contributed by atoms with van der Waals surface area (Å²) in [7, 11) is 0. The van der Waals surface area contributed by atoms with Gasteiger partial charge in [-0.15, -0.1) is 11.8 Å². The van der Waals surface area contributed by atoms with E-state index in [0.29, 0.717) is 17.5 Å². The van der Waals surface area contributed by atoms with Crippen LogP contribution in [0.5, 0.6) is 0 Å². The molecule has 0 amide bonds. The third kappa shape index (κ3) is 6.55. The molecule has 2 aliphatic rings. The van der Waals surface area contributed by atoms with E-state index in [1.165, 1.54) is 26.8 Å². The number of hydrogen-bond donors (Lipinski definition) is 0. The Bertz CT molecular complexity index is 2600. The zero-order valence-corrected chi connectivity index (χ0v) is 30.6. The molecule has 2 atom stereocenters. The Morgan fingerprint density at radius 1 is 0.630 bits per heavy atom. The number of hydrogen-bond acceptors (Lipinski definition) is 5. The van der Waals surface area contributed by atoms with Gasteiger partial charge in [-0.1, -0.05) is 140 Å². The van der Waals surface area contributed by atoms with Crippen molar-refractivity contribution in [3.05, 3.63) is 193 Å². The van der Waals surface area contributed by atoms with E-state index < -0.39 is 0 Å². The number of fused-ring (bicyclic) bond motifs is 4. The number of aromatic nitrogens is 3. The maximum absolute atomic E-state index is 5.13. The van der Waals surface area contributed by atoms with Crippen LogP contribution in [0.3, 0.4) is 0 Å². The molecule has 9 rings (SSSR count). The van der Waals surface area contributed by atoms with Crippen molar-refractivity contribution < 1.29 is 0 Å². The van der Waals surface area contributed by atoms with Crippen molar-refractivity contribution in [3.8, 4) is 45.3 Å². The fourth-order valence-electron chi connectivity index (χ4n) is 7.24. The van der Waals surface area contributed by atoms with Gasteiger partial charge in [0, 0.05) is 39.0 Å². The summed E-state index contributed by atoms with van der Waals surface area (Å²) in [6.07, 6.45) is 12.5. The van der Waals surface area contributed by atoms with E-state index in [2.05, 4.69) is 109 Å². The zero-order chi connectivity index (χ0) is 36.4. The van der Waals surface area contributed by atoms with Crippen molar-refractivity contribution in [2.45, 2.75) is 23.0 Å². The van der Waals surface area contributed by atoms with Crippen molar-refractivity contribution in [2.24, 2.45) is 4.99 Å². The summed E-state index contributed by atoms with van der Waals surface area (Å²) in [5.74, 6) is 2.19. The van der Waals surface area contributed by atoms with Crippen LogP contribution in [0.2, 0.25) is 0 Å². The van der Waals surface area contributed by atoms with Gasteiger partial charge in [-0.3, -0.25) is 4.99 Å². The van der Waals surface area contributed by atoms with Crippen LogP contribution in [0.25, 0.3) is 67.3 Å². The molecule has 4 nitrogen and oxygen atoms in total. The van der Waals surface area contributed by atoms with Crippen LogP contribution >= 0.6 is 11.8 Å². The summed E-state index contributed by atoms with van der Waals surface area (Å²) in [5, 5.41) is 2.80. The molecule has 0 N–H and O–H groups in total. The second-order valence-corrected chi connectivity index (χ2v) is 14.7. The highest BCUT2D eigenvalue weighted by Gasteiger charge is 2.36. The summed E-state index contributed by atoms with van der Waals surface area (Å²) in [6, 6.07) is 48.9. The zero-order valence-electron chi connectivity index (χ0n) is 29.8. The molecule has 1 aliphatic carbocycles. The Labute approximate surface area is 320 Å². The van der Waals surface area contributed by atoms with Gasteiger partial charge in [0.15, 0.2) is 17.5 Å². The molecule has 2 heterocycles. The van der Waals surface area contributed by atoms with Crippen molar-refractivity contribution in [1.29, 1.82) is 0 Å². The van der Waals surface area contributed by atoms with Gasteiger partial charge < -0.3 is 0 Å². The van der Waals surface area contributed by atoms with Crippen molar-refractivity contribution in [3.63, 3.8) is 0 Å². The van der Waals surface area contributed by atoms with Gasteiger partial charge in [-0.25, -0.2) is 15.0 Å². The molecule has 2 unspecified atom stereocenters. The molecule has 1 aromatic heterocycles. The lowest BCUT2D eigenvalue weighted by molar-refractivity contribution is 0.895. The third-order valence-electron chi connectivity index (χ3n) is 10.0. The average Bonchev–Trinajstić information content (AvgIpc) is 3.60. The van der Waals surface area contributed by atoms with Gasteiger partial charge >= 0.3 is 0 Å². The molecule has 258 valence electrons. The smallest absolute Gasteiger partial charge is 0.164 e. The Morgan fingerprint density at radius 2 is 1.22 bits per heavy atom. The van der Waals surface area contributed by atoms with Gasteiger partial charge in [0.25, 0.3) is 0 Å². The van der Waals surface area contributed by atoms with E-state index in [1.807, 2.05) is 91.5 Å². The molecule has 0 saturated heterocycles. The molecular weight excluding hydrogens is 677 g/mol. The van der Waals surface area contributed by atoms with E-state index in [9.17, 15) is 0 Å². The van der Waals surface area contributed by atoms with Gasteiger partial charge in [-0.2, -0.15) is 0 Å². The van der Waals surface area contributed by atoms with Crippen molar-refractivity contribution >= 4 is 40.0 Å². The Kier molecular flexibility index (Phi) is 8.99. The fourth-order valence-corrected chi connectivity index (χ4v) is 8.77. The minimum absolute atomic E-state index is 0.240. The first-order chi connectivity index (χ1) is 26.6. The lowest BCUT2D eigenvalue weighted by atomic mass is 9.83. The molecule has 7 aromatic rings. The molecule has 0 saturated carbocycles. The molecule has 0 bridgehead atoms. The summed E-state index contributed by atoms with van der Waals surface area (Å²) in [4.78, 5) is 21.1. The second kappa shape index (κ2) is 14.5. The van der Waals surface area contributed by atoms with Crippen LogP contribution < -0.4 is 0 Å². The highest BCUT2D eigenvalue weighted by Crippen LogP contribution is 2.54. The fraction of sp³-hybridized carbons (Fsp3) is 0.0612. The van der Waals surface area contributed by atoms with Crippen LogP contribution in [-0.4, -0.2) is 26.4 Å². The number of benzene rings is 6. The quantitative estimate of drug-likeness (QED) is 0.147. The average molecular weight is 713 g/mol. The minimum Gasteiger partial charge on any atom is -0.257 e. The lowest BCUT2D eigenvalue weighted by Crippen LogP contribution is -2.13. The molecule has 0 fully saturated rings. The third-order valence-corrected chi connectivity index (χ3v) is 11.4. The summed E-state index contributed by atoms with van der Waals surface area (Å²) >= 11 is 1.97. The molecule has 1 aliphatic heterocycles. The molecule has 54 heavy (non-hydrogen) atoms. The van der Waals surface area contributed by atoms with Crippen LogP contribution in [0.1, 0.15) is 29.5 Å². The van der Waals surface area contributed by atoms with E-state index in [1.54, 1.807) is 6.21 Å². The predicted octanol–water partition coefficient (Wildman–Crippen LogP) is 12.5. The van der Waals surface area contributed by atoms with Gasteiger partial charge in [0.05, 0.1) is 5.70 Å². The summed E-state index contributed by atoms with van der Waals surface area (Å²) < 4.78 is 0. The first kappa shape index (κ1) is 33.4. The lowest BCUT2D eigenvalue weighted by Gasteiger charge is -2.24. The monoisotopic (exact) mass is 712 g/mol. The summed E-state index contributed by atoms with van der Waals surface area (Å²) in [5.41, 5.74) is 10.5. The SMILES string of the molecule is C=C(N=C/C=C\C)c1ccc(-c2cc(C3=CC=CC4c5cc6ccccc6cc5SC34)cc(-c3nc(-c4ccccc4)nc(-c4ccccc4)n3)c2)cc1. The van der Waals surface area contributed by atoms with E-state index in [-0.39, 0.29) is 11.2 Å². The van der Waals surface area contributed by atoms with Gasteiger partial charge in [-0.05, 0) is 87.5 Å². The van der Waals surface area contributed by atoms with Crippen LogP contribution in [0, 0.1) is 0 Å². The minimum atomic E-state index is 0.240. The topological polar surface area (TPSA) is 51.0 Å². The second-order valence-electron chi connectivity index (χ2n) is 13.5. The number of aliphatic imine (C=N–C) groups is 1. The molecule has 6 aromatic carbocycles. The van der Waals surface area contributed by atoms with Gasteiger partial charge in [0.2, 0.25) is 0 Å². The number of rotatable bonds is 8. The Morgan fingerprint density at radius 3 is 1.89 bits per heavy atom. The molecule has 5 heteroatoms. The largest absolute Gasteiger partial charge is 0.257 e. The number of thioether (sulfide) groups is 1. The maximum atomic E-state index is 5.13. The first-order valence-electron chi connectivity index (χ1n) is 18.2. The maximum Gasteiger partial charge on any atom is 0.164 e. The normalized spacial score (nSPS) is 16.1. The van der Waals surface area contributed by atoms with Crippen molar-refractivity contribution in [1.82, 2.24) is 15.0 Å². The van der Waals surface area contributed by atoms with Crippen LogP contribution in [0.15, 0.2) is 186 Å². The van der Waals surface area contributed by atoms with E-state index in [4.69, 9.17) is 15.0 Å². The molecule has 0 spiro atoms. The Hall–Kier alpha value is -6.43. The summed E-state index contributed by atoms with van der Waals surface area (Å²) in [6.45, 7) is 6.16. The van der Waals surface area contributed by atoms with Crippen LogP contribution in [0.4, 0.5) is 0 Å². The Balaban J connectivity index is 1.18. The predicted molar refractivity (Wildman–Crippen MR) is 227 cm³/mol. The highest BCUT2D eigenvalue weighted by atomic mass is 32.2. The standard InChI is InChI=1S/C49H36N4S/c1-3-4-26-50-32(2)33-22-24-34(25-23-33)39-27-40(42-20-13-21-43-44-30-37-18-11-12-19-38(37)31-45(44)54-46(42)43)29-41(28-39)49-52-47(35-14-7-5-8-15-35)51-48(53-49)36-16-9-6-10-17-36/h3-31,43,46H,2H2,1H3/b4-3-,50-26?. The first-order valence-corrected chi connectivity index (χ1v) is 19.0. The molecule has 0 radical (unpaired) electrons. The van der Waals surface area contributed by atoms with Crippen molar-refractivity contribution in [2.75, 3.05) is 0 Å². The number of nitrogens with zero attached hydrogens (tertiary/aromatic N) is 4.